The number of hydrogen-bond acceptors (Lipinski definition) is 7. The molecule has 0 saturated carbocycles. The maximum atomic E-state index is 13.6. The molecule has 9 heteroatoms. The fraction of sp³-hybridized carbons (Fsp3) is 0.333. The smallest absolute Gasteiger partial charge is 0.272 e. The zero-order valence-electron chi connectivity index (χ0n) is 18.3. The van der Waals surface area contributed by atoms with Gasteiger partial charge in [0.15, 0.2) is 5.16 Å². The fourth-order valence-electron chi connectivity index (χ4n) is 4.07. The number of carbonyl (C=O) groups excluding carboxylic acids is 1. The number of ether oxygens (including phenoxy) is 1. The summed E-state index contributed by atoms with van der Waals surface area (Å²) >= 11 is 2.70. The van der Waals surface area contributed by atoms with Crippen molar-refractivity contribution in [3.63, 3.8) is 0 Å². The maximum absolute atomic E-state index is 13.6. The van der Waals surface area contributed by atoms with Crippen LogP contribution in [0.25, 0.3) is 20.4 Å². The maximum Gasteiger partial charge on any atom is 0.272 e. The van der Waals surface area contributed by atoms with Gasteiger partial charge in [0.05, 0.1) is 24.9 Å². The second-order valence-electron chi connectivity index (χ2n) is 8.00. The molecule has 7 nitrogen and oxygen atoms in total. The van der Waals surface area contributed by atoms with E-state index in [1.165, 1.54) is 29.5 Å². The van der Waals surface area contributed by atoms with Gasteiger partial charge in [-0.2, -0.15) is 0 Å². The normalized spacial score (nSPS) is 14.2. The highest BCUT2D eigenvalue weighted by atomic mass is 32.2. The van der Waals surface area contributed by atoms with Crippen LogP contribution in [0, 0.1) is 0 Å². The van der Waals surface area contributed by atoms with E-state index in [4.69, 9.17) is 9.72 Å². The van der Waals surface area contributed by atoms with E-state index in [2.05, 4.69) is 4.98 Å². The van der Waals surface area contributed by atoms with Crippen molar-refractivity contribution in [2.24, 2.45) is 0 Å². The average molecular weight is 481 g/mol. The van der Waals surface area contributed by atoms with E-state index in [1.54, 1.807) is 17.9 Å². The minimum absolute atomic E-state index is 0.0990. The molecule has 170 valence electrons. The molecular formula is C24H24N4O3S2. The van der Waals surface area contributed by atoms with Gasteiger partial charge in [-0.25, -0.2) is 9.97 Å². The predicted octanol–water partition coefficient (Wildman–Crippen LogP) is 4.17. The van der Waals surface area contributed by atoms with E-state index in [1.807, 2.05) is 41.3 Å². The van der Waals surface area contributed by atoms with Crippen LogP contribution in [0.5, 0.6) is 5.75 Å². The van der Waals surface area contributed by atoms with Crippen molar-refractivity contribution < 1.29 is 9.53 Å². The molecule has 1 amide bonds. The standard InChI is InChI=1S/C24H24N4O3S2/c1-31-17-9-7-16(8-10-17)14-28-23(30)21-20(18-6-5-11-25-22(18)33-21)26-24(28)32-15-19(29)27-12-3-2-4-13-27/h5-11H,2-4,12-15H2,1H3. The van der Waals surface area contributed by atoms with E-state index in [-0.39, 0.29) is 17.2 Å². The number of carbonyl (C=O) groups is 1. The highest BCUT2D eigenvalue weighted by Crippen LogP contribution is 2.31. The summed E-state index contributed by atoms with van der Waals surface area (Å²) in [5.74, 6) is 1.12. The summed E-state index contributed by atoms with van der Waals surface area (Å²) in [5, 5.41) is 1.42. The van der Waals surface area contributed by atoms with E-state index >= 15 is 0 Å². The van der Waals surface area contributed by atoms with Crippen LogP contribution in [-0.2, 0) is 11.3 Å². The third kappa shape index (κ3) is 4.47. The Hall–Kier alpha value is -2.91. The van der Waals surface area contributed by atoms with Crippen LogP contribution in [0.2, 0.25) is 0 Å². The molecule has 0 N–H and O–H groups in total. The number of benzene rings is 1. The average Bonchev–Trinajstić information content (AvgIpc) is 3.24. The summed E-state index contributed by atoms with van der Waals surface area (Å²) in [4.78, 5) is 38.3. The Bertz CT molecular complexity index is 1360. The van der Waals surface area contributed by atoms with E-state index in [0.29, 0.717) is 21.9 Å². The first-order valence-corrected chi connectivity index (χ1v) is 12.8. The van der Waals surface area contributed by atoms with Gasteiger partial charge in [-0.3, -0.25) is 14.2 Å². The van der Waals surface area contributed by atoms with Crippen LogP contribution >= 0.6 is 23.1 Å². The van der Waals surface area contributed by atoms with Crippen LogP contribution in [0.1, 0.15) is 24.8 Å². The van der Waals surface area contributed by atoms with Crippen molar-refractivity contribution in [2.45, 2.75) is 31.0 Å². The molecule has 3 aromatic heterocycles. The second-order valence-corrected chi connectivity index (χ2v) is 9.94. The highest BCUT2D eigenvalue weighted by Gasteiger charge is 2.20. The Morgan fingerprint density at radius 3 is 2.70 bits per heavy atom. The summed E-state index contributed by atoms with van der Waals surface area (Å²) < 4.78 is 7.51. The first kappa shape index (κ1) is 21.9. The lowest BCUT2D eigenvalue weighted by Gasteiger charge is -2.26. The summed E-state index contributed by atoms with van der Waals surface area (Å²) in [6.45, 7) is 1.99. The monoisotopic (exact) mass is 480 g/mol. The molecule has 0 unspecified atom stereocenters. The van der Waals surface area contributed by atoms with E-state index in [9.17, 15) is 9.59 Å². The molecule has 0 radical (unpaired) electrons. The summed E-state index contributed by atoms with van der Waals surface area (Å²) in [7, 11) is 1.63. The van der Waals surface area contributed by atoms with Crippen LogP contribution < -0.4 is 10.3 Å². The van der Waals surface area contributed by atoms with Gasteiger partial charge < -0.3 is 9.64 Å². The molecule has 0 spiro atoms. The van der Waals surface area contributed by atoms with Gasteiger partial charge in [-0.05, 0) is 49.1 Å². The molecule has 5 rings (SSSR count). The van der Waals surface area contributed by atoms with Crippen molar-refractivity contribution in [3.05, 3.63) is 58.5 Å². The molecular weight excluding hydrogens is 456 g/mol. The van der Waals surface area contributed by atoms with E-state index < -0.39 is 0 Å². The van der Waals surface area contributed by atoms with Crippen LogP contribution in [-0.4, -0.2) is 51.3 Å². The number of thioether (sulfide) groups is 1. The summed E-state index contributed by atoms with van der Waals surface area (Å²) in [6.07, 6.45) is 5.00. The lowest BCUT2D eigenvalue weighted by molar-refractivity contribution is -0.129. The number of rotatable bonds is 6. The zero-order valence-corrected chi connectivity index (χ0v) is 20.0. The first-order chi connectivity index (χ1) is 16.1. The van der Waals surface area contributed by atoms with Gasteiger partial charge in [0.2, 0.25) is 5.91 Å². The first-order valence-electron chi connectivity index (χ1n) is 11.0. The number of methoxy groups -OCH3 is 1. The largest absolute Gasteiger partial charge is 0.497 e. The Morgan fingerprint density at radius 1 is 1.15 bits per heavy atom. The number of pyridine rings is 1. The van der Waals surface area contributed by atoms with Crippen molar-refractivity contribution in [3.8, 4) is 5.75 Å². The molecule has 1 saturated heterocycles. The zero-order chi connectivity index (χ0) is 22.8. The Labute approximate surface area is 199 Å². The predicted molar refractivity (Wildman–Crippen MR) is 132 cm³/mol. The van der Waals surface area contributed by atoms with Crippen LogP contribution in [0.15, 0.2) is 52.5 Å². The topological polar surface area (TPSA) is 77.3 Å². The van der Waals surface area contributed by atoms with Gasteiger partial charge in [0, 0.05) is 24.7 Å². The van der Waals surface area contributed by atoms with Crippen molar-refractivity contribution >= 4 is 49.4 Å². The highest BCUT2D eigenvalue weighted by molar-refractivity contribution is 7.99. The van der Waals surface area contributed by atoms with Crippen LogP contribution in [0.4, 0.5) is 0 Å². The number of likely N-dealkylation sites (tertiary alicyclic amines) is 1. The van der Waals surface area contributed by atoms with Crippen molar-refractivity contribution in [2.75, 3.05) is 26.0 Å². The van der Waals surface area contributed by atoms with Gasteiger partial charge in [-0.15, -0.1) is 11.3 Å². The van der Waals surface area contributed by atoms with Crippen molar-refractivity contribution in [1.82, 2.24) is 19.4 Å². The SMILES string of the molecule is COc1ccc(Cn2c(SCC(=O)N3CCCCC3)nc3c(sc4ncccc43)c2=O)cc1. The minimum atomic E-state index is -0.105. The molecule has 0 bridgehead atoms. The molecule has 0 aliphatic carbocycles. The third-order valence-electron chi connectivity index (χ3n) is 5.85. The number of hydrogen-bond donors (Lipinski definition) is 0. The van der Waals surface area contributed by atoms with Gasteiger partial charge in [-0.1, -0.05) is 23.9 Å². The number of aromatic nitrogens is 3. The van der Waals surface area contributed by atoms with Crippen LogP contribution in [0.3, 0.4) is 0 Å². The molecule has 1 fully saturated rings. The van der Waals surface area contributed by atoms with E-state index in [0.717, 1.165) is 47.5 Å². The Kier molecular flexibility index (Phi) is 6.32. The van der Waals surface area contributed by atoms with Crippen molar-refractivity contribution in [1.29, 1.82) is 0 Å². The summed E-state index contributed by atoms with van der Waals surface area (Å²) in [5.41, 5.74) is 1.52. The minimum Gasteiger partial charge on any atom is -0.497 e. The molecule has 4 aromatic rings. The molecule has 0 atom stereocenters. The number of piperidine rings is 1. The number of nitrogens with zero attached hydrogens (tertiary/aromatic N) is 4. The van der Waals surface area contributed by atoms with Gasteiger partial charge in [0.25, 0.3) is 5.56 Å². The van der Waals surface area contributed by atoms with Gasteiger partial charge in [0.1, 0.15) is 15.3 Å². The molecule has 33 heavy (non-hydrogen) atoms. The molecule has 1 aromatic carbocycles. The molecule has 1 aliphatic rings. The number of thiophene rings is 1. The lowest BCUT2D eigenvalue weighted by atomic mass is 10.1. The second kappa shape index (κ2) is 9.52. The van der Waals surface area contributed by atoms with Gasteiger partial charge >= 0.3 is 0 Å². The lowest BCUT2D eigenvalue weighted by Crippen LogP contribution is -2.37. The number of amides is 1. The summed E-state index contributed by atoms with van der Waals surface area (Å²) in [6, 6.07) is 11.4. The fourth-order valence-corrected chi connectivity index (χ4v) is 5.99. The molecule has 1 aliphatic heterocycles. The Balaban J connectivity index is 1.53. The molecule has 4 heterocycles. The Morgan fingerprint density at radius 2 is 1.94 bits per heavy atom. The quantitative estimate of drug-likeness (QED) is 0.305. The number of fused-ring (bicyclic) bond motifs is 3. The third-order valence-corrected chi connectivity index (χ3v) is 7.90.